The molecule has 1 aliphatic heterocycles. The summed E-state index contributed by atoms with van der Waals surface area (Å²) in [5.41, 5.74) is 16.3. The van der Waals surface area contributed by atoms with Crippen molar-refractivity contribution in [1.29, 1.82) is 0 Å². The van der Waals surface area contributed by atoms with Gasteiger partial charge in [0, 0.05) is 11.1 Å². The van der Waals surface area contributed by atoms with E-state index in [9.17, 15) is 9.59 Å². The molecule has 92 valence electrons. The van der Waals surface area contributed by atoms with E-state index >= 15 is 0 Å². The van der Waals surface area contributed by atoms with Crippen LogP contribution < -0.4 is 17.2 Å². The Hall–Kier alpha value is -2.02. The fourth-order valence-corrected chi connectivity index (χ4v) is 2.24. The molecule has 18 heavy (non-hydrogen) atoms. The lowest BCUT2D eigenvalue weighted by Crippen LogP contribution is -2.63. The second-order valence-electron chi connectivity index (χ2n) is 4.38. The van der Waals surface area contributed by atoms with Gasteiger partial charge in [0.05, 0.1) is 5.57 Å². The highest BCUT2D eigenvalue weighted by Crippen LogP contribution is 2.39. The first-order valence-electron chi connectivity index (χ1n) is 5.37. The molecule has 1 heterocycles. The average molecular weight is 245 g/mol. The Morgan fingerprint density at radius 3 is 2.33 bits per heavy atom. The van der Waals surface area contributed by atoms with E-state index in [1.54, 1.807) is 24.3 Å². The van der Waals surface area contributed by atoms with Crippen LogP contribution in [0, 0.1) is 0 Å². The van der Waals surface area contributed by atoms with Crippen molar-refractivity contribution in [1.82, 2.24) is 0 Å². The molecule has 0 aromatic heterocycles. The lowest BCUT2D eigenvalue weighted by atomic mass is 9.84. The van der Waals surface area contributed by atoms with Gasteiger partial charge in [-0.2, -0.15) is 0 Å². The van der Waals surface area contributed by atoms with Gasteiger partial charge in [0.15, 0.2) is 6.23 Å². The van der Waals surface area contributed by atoms with Crippen molar-refractivity contribution in [2.24, 2.45) is 17.2 Å². The molecule has 0 saturated heterocycles. The maximum absolute atomic E-state index is 12.0. The van der Waals surface area contributed by atoms with E-state index in [1.165, 1.54) is 0 Å². The zero-order chi connectivity index (χ0) is 13.1. The Balaban J connectivity index is 2.32. The number of rotatable bonds is 0. The predicted octanol–water partition coefficient (Wildman–Crippen LogP) is -0.908. The van der Waals surface area contributed by atoms with E-state index in [-0.39, 0.29) is 16.9 Å². The molecule has 3 rings (SSSR count). The van der Waals surface area contributed by atoms with Gasteiger partial charge in [-0.3, -0.25) is 15.3 Å². The normalized spacial score (nSPS) is 24.7. The Morgan fingerprint density at radius 2 is 1.67 bits per heavy atom. The minimum Gasteiger partial charge on any atom is -0.471 e. The largest absolute Gasteiger partial charge is 0.471 e. The second-order valence-corrected chi connectivity index (χ2v) is 4.38. The van der Waals surface area contributed by atoms with E-state index < -0.39 is 23.5 Å². The number of hydrogen-bond donors (Lipinski definition) is 3. The minimum atomic E-state index is -1.64. The third-order valence-corrected chi connectivity index (χ3v) is 3.23. The molecule has 0 amide bonds. The molecule has 1 aromatic carbocycles. The van der Waals surface area contributed by atoms with Crippen molar-refractivity contribution < 1.29 is 14.3 Å². The van der Waals surface area contributed by atoms with Gasteiger partial charge in [0.1, 0.15) is 11.4 Å². The first-order valence-corrected chi connectivity index (χ1v) is 5.37. The van der Waals surface area contributed by atoms with Crippen LogP contribution in [0.25, 0.3) is 5.76 Å². The Labute approximate surface area is 102 Å². The Kier molecular flexibility index (Phi) is 2.01. The summed E-state index contributed by atoms with van der Waals surface area (Å²) < 4.78 is 5.36. The molecule has 0 fully saturated rings. The van der Waals surface area contributed by atoms with Crippen molar-refractivity contribution in [3.05, 3.63) is 41.0 Å². The van der Waals surface area contributed by atoms with Crippen LogP contribution in [0.15, 0.2) is 29.8 Å². The van der Waals surface area contributed by atoms with Crippen molar-refractivity contribution in [2.75, 3.05) is 0 Å². The molecule has 1 atom stereocenters. The molecule has 6 N–H and O–H groups in total. The smallest absolute Gasteiger partial charge is 0.236 e. The van der Waals surface area contributed by atoms with Crippen molar-refractivity contribution in [3.8, 4) is 0 Å². The van der Waals surface area contributed by atoms with E-state index in [1.807, 2.05) is 0 Å². The van der Waals surface area contributed by atoms with Gasteiger partial charge in [0.2, 0.25) is 11.6 Å². The number of ether oxygens (including phenoxy) is 1. The number of Topliss-reactive ketones (excluding diaryl/α,β-unsaturated/α-hetero) is 2. The molecule has 6 nitrogen and oxygen atoms in total. The highest BCUT2D eigenvalue weighted by Gasteiger charge is 2.51. The van der Waals surface area contributed by atoms with Crippen LogP contribution >= 0.6 is 0 Å². The van der Waals surface area contributed by atoms with Gasteiger partial charge in [-0.05, 0) is 0 Å². The predicted molar refractivity (Wildman–Crippen MR) is 62.9 cm³/mol. The summed E-state index contributed by atoms with van der Waals surface area (Å²) in [5.74, 6) is -1.17. The van der Waals surface area contributed by atoms with Gasteiger partial charge in [0.25, 0.3) is 0 Å². The lowest BCUT2D eigenvalue weighted by molar-refractivity contribution is -0.112. The van der Waals surface area contributed by atoms with Crippen LogP contribution in [0.2, 0.25) is 0 Å². The number of carbonyl (C=O) groups is 2. The molecule has 6 heteroatoms. The standard InChI is InChI=1S/C12H11N3O3/c13-11-12(14,15)7-9(17)8(16)5-3-1-2-4-6(5)10(7)18-11/h1-4,11H,13-15H2. The maximum Gasteiger partial charge on any atom is 0.236 e. The van der Waals surface area contributed by atoms with Crippen LogP contribution in [0.5, 0.6) is 0 Å². The Bertz CT molecular complexity index is 619. The summed E-state index contributed by atoms with van der Waals surface area (Å²) in [6.07, 6.45) is -1.05. The van der Waals surface area contributed by atoms with E-state index in [0.717, 1.165) is 0 Å². The zero-order valence-corrected chi connectivity index (χ0v) is 9.34. The van der Waals surface area contributed by atoms with Gasteiger partial charge in [-0.1, -0.05) is 24.3 Å². The number of nitrogens with two attached hydrogens (primary N) is 3. The van der Waals surface area contributed by atoms with Crippen LogP contribution in [0.3, 0.4) is 0 Å². The van der Waals surface area contributed by atoms with Gasteiger partial charge >= 0.3 is 0 Å². The average Bonchev–Trinajstić information content (AvgIpc) is 2.58. The third kappa shape index (κ3) is 1.16. The van der Waals surface area contributed by atoms with Crippen LogP contribution in [-0.2, 0) is 9.53 Å². The summed E-state index contributed by atoms with van der Waals surface area (Å²) in [4.78, 5) is 24.0. The first-order chi connectivity index (χ1) is 8.44. The molecular formula is C12H11N3O3. The Morgan fingerprint density at radius 1 is 1.06 bits per heavy atom. The van der Waals surface area contributed by atoms with Crippen molar-refractivity contribution in [3.63, 3.8) is 0 Å². The van der Waals surface area contributed by atoms with Gasteiger partial charge in [-0.15, -0.1) is 0 Å². The highest BCUT2D eigenvalue weighted by atomic mass is 16.5. The van der Waals surface area contributed by atoms with Crippen LogP contribution in [0.1, 0.15) is 15.9 Å². The molecular weight excluding hydrogens is 234 g/mol. The number of benzene rings is 1. The van der Waals surface area contributed by atoms with E-state index in [0.29, 0.717) is 5.56 Å². The summed E-state index contributed by atoms with van der Waals surface area (Å²) in [6, 6.07) is 6.63. The van der Waals surface area contributed by atoms with Crippen molar-refractivity contribution in [2.45, 2.75) is 11.9 Å². The van der Waals surface area contributed by atoms with Gasteiger partial charge in [-0.25, -0.2) is 0 Å². The molecule has 0 bridgehead atoms. The molecule has 1 aromatic rings. The zero-order valence-electron chi connectivity index (χ0n) is 9.34. The van der Waals surface area contributed by atoms with Crippen LogP contribution in [-0.4, -0.2) is 23.5 Å². The van der Waals surface area contributed by atoms with Crippen molar-refractivity contribution >= 4 is 17.3 Å². The number of fused-ring (bicyclic) bond motifs is 2. The number of ketones is 2. The second kappa shape index (κ2) is 3.26. The molecule has 1 aliphatic carbocycles. The van der Waals surface area contributed by atoms with Crippen LogP contribution in [0.4, 0.5) is 0 Å². The molecule has 1 unspecified atom stereocenters. The fraction of sp³-hybridized carbons (Fsp3) is 0.167. The summed E-state index contributed by atoms with van der Waals surface area (Å²) in [6.45, 7) is 0. The molecule has 0 radical (unpaired) electrons. The summed E-state index contributed by atoms with van der Waals surface area (Å²) in [5, 5.41) is 0. The SMILES string of the molecule is NC1OC2=C(C(=O)C(=O)c3ccccc32)C1(N)N. The molecule has 0 spiro atoms. The van der Waals surface area contributed by atoms with Gasteiger partial charge < -0.3 is 16.2 Å². The monoisotopic (exact) mass is 245 g/mol. The first kappa shape index (κ1) is 11.1. The number of carbonyl (C=O) groups excluding carboxylic acids is 2. The third-order valence-electron chi connectivity index (χ3n) is 3.23. The highest BCUT2D eigenvalue weighted by molar-refractivity contribution is 6.52. The summed E-state index contributed by atoms with van der Waals surface area (Å²) >= 11 is 0. The lowest BCUT2D eigenvalue weighted by Gasteiger charge is -2.23. The van der Waals surface area contributed by atoms with E-state index in [2.05, 4.69) is 0 Å². The molecule has 0 saturated carbocycles. The maximum atomic E-state index is 12.0. The topological polar surface area (TPSA) is 121 Å². The number of hydrogen-bond acceptors (Lipinski definition) is 6. The fourth-order valence-electron chi connectivity index (χ4n) is 2.24. The quantitative estimate of drug-likeness (QED) is 0.402. The molecule has 2 aliphatic rings. The van der Waals surface area contributed by atoms with E-state index in [4.69, 9.17) is 21.9 Å². The minimum absolute atomic E-state index is 0.0429. The summed E-state index contributed by atoms with van der Waals surface area (Å²) in [7, 11) is 0.